The molecule has 1 atom stereocenters. The molecule has 0 aliphatic heterocycles. The summed E-state index contributed by atoms with van der Waals surface area (Å²) >= 11 is 0. The third-order valence-electron chi connectivity index (χ3n) is 3.77. The molecule has 8 heteroatoms. The maximum atomic E-state index is 12.5. The van der Waals surface area contributed by atoms with Crippen molar-refractivity contribution in [1.82, 2.24) is 0 Å². The molecule has 0 saturated heterocycles. The standard InChI is InChI=1S/C20H21F3O5/c1-2-26-18(19(24)25)13-14-4-3-5-17(12-14)28-11-10-27-16-8-6-15(7-9-16)20(21,22)23/h3-9,12,18H,2,10-11,13H2,1H3,(H,24,25). The highest BCUT2D eigenvalue weighted by molar-refractivity contribution is 5.72. The summed E-state index contributed by atoms with van der Waals surface area (Å²) in [4.78, 5) is 11.2. The molecule has 1 unspecified atom stereocenters. The van der Waals surface area contributed by atoms with Crippen LogP contribution in [0.1, 0.15) is 18.1 Å². The van der Waals surface area contributed by atoms with Crippen LogP contribution in [-0.2, 0) is 22.1 Å². The summed E-state index contributed by atoms with van der Waals surface area (Å²) in [6.07, 6.45) is -5.10. The van der Waals surface area contributed by atoms with Gasteiger partial charge in [-0.3, -0.25) is 0 Å². The van der Waals surface area contributed by atoms with Gasteiger partial charge in [-0.05, 0) is 48.9 Å². The first-order chi connectivity index (χ1) is 13.3. The highest BCUT2D eigenvalue weighted by Gasteiger charge is 2.30. The summed E-state index contributed by atoms with van der Waals surface area (Å²) in [7, 11) is 0. The number of carboxylic acids is 1. The minimum absolute atomic E-state index is 0.145. The number of alkyl halides is 3. The number of aliphatic carboxylic acids is 1. The van der Waals surface area contributed by atoms with Gasteiger partial charge in [-0.2, -0.15) is 13.2 Å². The fraction of sp³-hybridized carbons (Fsp3) is 0.350. The molecule has 0 aromatic heterocycles. The van der Waals surface area contributed by atoms with Crippen LogP contribution in [0.15, 0.2) is 48.5 Å². The van der Waals surface area contributed by atoms with Gasteiger partial charge in [0, 0.05) is 13.0 Å². The van der Waals surface area contributed by atoms with Crippen LogP contribution in [0.25, 0.3) is 0 Å². The Morgan fingerprint density at radius 1 is 1.04 bits per heavy atom. The molecule has 0 aliphatic rings. The summed E-state index contributed by atoms with van der Waals surface area (Å²) in [6.45, 7) is 2.35. The lowest BCUT2D eigenvalue weighted by molar-refractivity contribution is -0.150. The van der Waals surface area contributed by atoms with Gasteiger partial charge in [-0.15, -0.1) is 0 Å². The average molecular weight is 398 g/mol. The lowest BCUT2D eigenvalue weighted by Crippen LogP contribution is -2.26. The van der Waals surface area contributed by atoms with Crippen molar-refractivity contribution in [1.29, 1.82) is 0 Å². The molecule has 0 aliphatic carbocycles. The van der Waals surface area contributed by atoms with Crippen molar-refractivity contribution >= 4 is 5.97 Å². The van der Waals surface area contributed by atoms with E-state index in [1.807, 2.05) is 0 Å². The van der Waals surface area contributed by atoms with Gasteiger partial charge >= 0.3 is 12.1 Å². The molecular weight excluding hydrogens is 377 g/mol. The van der Waals surface area contributed by atoms with Gasteiger partial charge in [-0.1, -0.05) is 12.1 Å². The van der Waals surface area contributed by atoms with E-state index in [0.29, 0.717) is 18.1 Å². The van der Waals surface area contributed by atoms with Crippen molar-refractivity contribution in [2.75, 3.05) is 19.8 Å². The molecule has 2 aromatic carbocycles. The first kappa shape index (κ1) is 21.6. The number of hydrogen-bond donors (Lipinski definition) is 1. The molecular formula is C20H21F3O5. The monoisotopic (exact) mass is 398 g/mol. The van der Waals surface area contributed by atoms with Crippen LogP contribution in [0.5, 0.6) is 11.5 Å². The van der Waals surface area contributed by atoms with E-state index in [4.69, 9.17) is 19.3 Å². The van der Waals surface area contributed by atoms with Crippen LogP contribution < -0.4 is 9.47 Å². The van der Waals surface area contributed by atoms with E-state index in [0.717, 1.165) is 17.7 Å². The van der Waals surface area contributed by atoms with E-state index in [1.54, 1.807) is 31.2 Å². The predicted octanol–water partition coefficient (Wildman–Crippen LogP) is 4.20. The fourth-order valence-corrected chi connectivity index (χ4v) is 2.45. The number of hydrogen-bond acceptors (Lipinski definition) is 4. The van der Waals surface area contributed by atoms with E-state index in [1.165, 1.54) is 12.1 Å². The second-order valence-corrected chi connectivity index (χ2v) is 5.85. The van der Waals surface area contributed by atoms with E-state index in [-0.39, 0.29) is 19.6 Å². The van der Waals surface area contributed by atoms with Crippen molar-refractivity contribution in [3.05, 3.63) is 59.7 Å². The number of benzene rings is 2. The van der Waals surface area contributed by atoms with Gasteiger partial charge < -0.3 is 19.3 Å². The molecule has 0 bridgehead atoms. The Bertz CT molecular complexity index is 759. The molecule has 2 rings (SSSR count). The van der Waals surface area contributed by atoms with Crippen molar-refractivity contribution in [2.24, 2.45) is 0 Å². The summed E-state index contributed by atoms with van der Waals surface area (Å²) in [5.74, 6) is -0.182. The van der Waals surface area contributed by atoms with Gasteiger partial charge in [0.15, 0.2) is 6.10 Å². The third-order valence-corrected chi connectivity index (χ3v) is 3.77. The van der Waals surface area contributed by atoms with Gasteiger partial charge in [0.1, 0.15) is 24.7 Å². The smallest absolute Gasteiger partial charge is 0.416 e. The average Bonchev–Trinajstić information content (AvgIpc) is 2.65. The second-order valence-electron chi connectivity index (χ2n) is 5.85. The number of carbonyl (C=O) groups is 1. The summed E-state index contributed by atoms with van der Waals surface area (Å²) in [5.41, 5.74) is 0.0154. The van der Waals surface area contributed by atoms with Crippen LogP contribution >= 0.6 is 0 Å². The highest BCUT2D eigenvalue weighted by Crippen LogP contribution is 2.30. The zero-order valence-electron chi connectivity index (χ0n) is 15.2. The number of carboxylic acid groups (broad SMARTS) is 1. The van der Waals surface area contributed by atoms with Gasteiger partial charge in [0.25, 0.3) is 0 Å². The van der Waals surface area contributed by atoms with Crippen molar-refractivity contribution < 1.29 is 37.3 Å². The molecule has 0 radical (unpaired) electrons. The lowest BCUT2D eigenvalue weighted by Gasteiger charge is -2.13. The van der Waals surface area contributed by atoms with Crippen LogP contribution in [0, 0.1) is 0 Å². The number of halogens is 3. The molecule has 0 spiro atoms. The SMILES string of the molecule is CCOC(Cc1cccc(OCCOc2ccc(C(F)(F)F)cc2)c1)C(=O)O. The van der Waals surface area contributed by atoms with Crippen LogP contribution in [0.2, 0.25) is 0 Å². The van der Waals surface area contributed by atoms with Gasteiger partial charge in [0.05, 0.1) is 5.56 Å². The quantitative estimate of drug-likeness (QED) is 0.608. The largest absolute Gasteiger partial charge is 0.490 e. The van der Waals surface area contributed by atoms with E-state index in [2.05, 4.69) is 0 Å². The zero-order chi connectivity index (χ0) is 20.6. The normalized spacial score (nSPS) is 12.4. The van der Waals surface area contributed by atoms with Crippen molar-refractivity contribution in [3.8, 4) is 11.5 Å². The fourth-order valence-electron chi connectivity index (χ4n) is 2.45. The highest BCUT2D eigenvalue weighted by atomic mass is 19.4. The van der Waals surface area contributed by atoms with Crippen molar-refractivity contribution in [2.45, 2.75) is 25.6 Å². The summed E-state index contributed by atoms with van der Waals surface area (Å²) in [6, 6.07) is 11.4. The Balaban J connectivity index is 1.82. The van der Waals surface area contributed by atoms with E-state index >= 15 is 0 Å². The van der Waals surface area contributed by atoms with Crippen LogP contribution in [-0.4, -0.2) is 37.0 Å². The minimum Gasteiger partial charge on any atom is -0.490 e. The van der Waals surface area contributed by atoms with Crippen molar-refractivity contribution in [3.63, 3.8) is 0 Å². The van der Waals surface area contributed by atoms with E-state index in [9.17, 15) is 18.0 Å². The second kappa shape index (κ2) is 9.98. The Hall–Kier alpha value is -2.74. The zero-order valence-corrected chi connectivity index (χ0v) is 15.2. The first-order valence-corrected chi connectivity index (χ1v) is 8.65. The molecule has 0 fully saturated rings. The Morgan fingerprint density at radius 3 is 2.25 bits per heavy atom. The molecule has 5 nitrogen and oxygen atoms in total. The molecule has 2 aromatic rings. The summed E-state index contributed by atoms with van der Waals surface area (Å²) < 4.78 is 53.6. The Morgan fingerprint density at radius 2 is 1.68 bits per heavy atom. The minimum atomic E-state index is -4.38. The van der Waals surface area contributed by atoms with E-state index < -0.39 is 23.8 Å². The Labute approximate surface area is 160 Å². The van der Waals surface area contributed by atoms with Crippen LogP contribution in [0.3, 0.4) is 0 Å². The Kier molecular flexibility index (Phi) is 7.69. The molecule has 152 valence electrons. The molecule has 0 heterocycles. The van der Waals surface area contributed by atoms with Gasteiger partial charge in [0.2, 0.25) is 0 Å². The third kappa shape index (κ3) is 6.77. The topological polar surface area (TPSA) is 65.0 Å². The number of ether oxygens (including phenoxy) is 3. The van der Waals surface area contributed by atoms with Crippen LogP contribution in [0.4, 0.5) is 13.2 Å². The maximum Gasteiger partial charge on any atom is 0.416 e. The molecule has 0 amide bonds. The number of rotatable bonds is 10. The van der Waals surface area contributed by atoms with Gasteiger partial charge in [-0.25, -0.2) is 4.79 Å². The molecule has 28 heavy (non-hydrogen) atoms. The predicted molar refractivity (Wildman–Crippen MR) is 95.6 cm³/mol. The maximum absolute atomic E-state index is 12.5. The molecule has 1 N–H and O–H groups in total. The first-order valence-electron chi connectivity index (χ1n) is 8.65. The molecule has 0 saturated carbocycles. The summed E-state index contributed by atoms with van der Waals surface area (Å²) in [5, 5.41) is 9.14. The lowest BCUT2D eigenvalue weighted by atomic mass is 10.1.